The van der Waals surface area contributed by atoms with Gasteiger partial charge in [-0.3, -0.25) is 0 Å². The summed E-state index contributed by atoms with van der Waals surface area (Å²) in [5.74, 6) is 0. The molecule has 1 saturated heterocycles. The molecule has 0 N–H and O–H groups in total. The number of hydrogen-bond donors (Lipinski definition) is 0. The maximum Gasteiger partial charge on any atom is 0.146 e. The predicted molar refractivity (Wildman–Crippen MR) is 67.6 cm³/mol. The van der Waals surface area contributed by atoms with Gasteiger partial charge in [0.1, 0.15) is 14.3 Å². The lowest BCUT2D eigenvalue weighted by molar-refractivity contribution is 0.415. The van der Waals surface area contributed by atoms with E-state index in [9.17, 15) is 0 Å². The van der Waals surface area contributed by atoms with Crippen LogP contribution in [0.4, 0.5) is 0 Å². The Balaban J connectivity index is 0.000000168. The largest absolute Gasteiger partial charge is 0.368 e. The van der Waals surface area contributed by atoms with Gasteiger partial charge in [0.2, 0.25) is 0 Å². The van der Waals surface area contributed by atoms with E-state index in [2.05, 4.69) is 21.8 Å². The molecule has 4 nitrogen and oxygen atoms in total. The third kappa shape index (κ3) is 5.55. The summed E-state index contributed by atoms with van der Waals surface area (Å²) in [4.78, 5) is 2.69. The first-order chi connectivity index (χ1) is 7.53. The molecule has 0 spiro atoms. The minimum atomic E-state index is -1.45. The topological polar surface area (TPSA) is 61.3 Å². The van der Waals surface area contributed by atoms with E-state index >= 15 is 0 Å². The van der Waals surface area contributed by atoms with Crippen molar-refractivity contribution in [3.8, 4) is 0 Å². The lowest BCUT2D eigenvalue weighted by atomic mass is 10.2. The normalized spacial score (nSPS) is 17.8. The van der Waals surface area contributed by atoms with E-state index in [-0.39, 0.29) is 0 Å². The Morgan fingerprint density at radius 1 is 1.31 bits per heavy atom. The van der Waals surface area contributed by atoms with Crippen molar-refractivity contribution in [2.24, 2.45) is 4.78 Å². The zero-order chi connectivity index (χ0) is 12.0. The molecule has 0 radical (unpaired) electrons. The number of azide groups is 1. The molecule has 0 aromatic heterocycles. The molecule has 16 heavy (non-hydrogen) atoms. The van der Waals surface area contributed by atoms with Crippen molar-refractivity contribution in [3.05, 3.63) is 46.3 Å². The smallest absolute Gasteiger partial charge is 0.146 e. The van der Waals surface area contributed by atoms with Gasteiger partial charge in [0, 0.05) is 0 Å². The van der Waals surface area contributed by atoms with Crippen molar-refractivity contribution in [1.82, 2.24) is 0 Å². The number of rotatable bonds is 2. The fraction of sp³-hybridized carbons (Fsp3) is 0.455. The maximum atomic E-state index is 7.89. The standard InChI is InChI=1S/C8H8O.C3H9N3Si/c1-2-4-7(5-3-1)8-6-9-8;1-7(2,3)6-5-4/h1-5,8H,6H2;1-3H3. The van der Waals surface area contributed by atoms with Gasteiger partial charge in [-0.1, -0.05) is 50.0 Å². The van der Waals surface area contributed by atoms with Gasteiger partial charge in [0.05, 0.1) is 6.61 Å². The van der Waals surface area contributed by atoms with E-state index in [0.717, 1.165) is 6.61 Å². The van der Waals surface area contributed by atoms with Gasteiger partial charge in [-0.05, 0) is 16.0 Å². The number of benzene rings is 1. The van der Waals surface area contributed by atoms with Crippen LogP contribution in [0.2, 0.25) is 19.6 Å². The molecule has 5 heteroatoms. The van der Waals surface area contributed by atoms with Gasteiger partial charge in [-0.25, -0.2) is 0 Å². The van der Waals surface area contributed by atoms with Crippen LogP contribution in [0.15, 0.2) is 35.1 Å². The van der Waals surface area contributed by atoms with Crippen LogP contribution in [0.25, 0.3) is 10.4 Å². The summed E-state index contributed by atoms with van der Waals surface area (Å²) in [5.41, 5.74) is 9.20. The van der Waals surface area contributed by atoms with Crippen LogP contribution in [0, 0.1) is 0 Å². The highest BCUT2D eigenvalue weighted by Crippen LogP contribution is 2.28. The molecule has 0 saturated carbocycles. The van der Waals surface area contributed by atoms with Crippen LogP contribution in [0.5, 0.6) is 0 Å². The Bertz CT molecular complexity index is 365. The van der Waals surface area contributed by atoms with Crippen LogP contribution in [0.3, 0.4) is 0 Å². The van der Waals surface area contributed by atoms with Gasteiger partial charge in [0.15, 0.2) is 0 Å². The lowest BCUT2D eigenvalue weighted by Crippen LogP contribution is -2.13. The number of nitrogens with zero attached hydrogens (tertiary/aromatic N) is 3. The maximum absolute atomic E-state index is 7.89. The summed E-state index contributed by atoms with van der Waals surface area (Å²) in [5, 5.41) is 0. The van der Waals surface area contributed by atoms with Gasteiger partial charge in [-0.2, -0.15) is 0 Å². The molecule has 1 heterocycles. The van der Waals surface area contributed by atoms with Gasteiger partial charge >= 0.3 is 0 Å². The summed E-state index contributed by atoms with van der Waals surface area (Å²) < 4.78 is 8.67. The number of hydrogen-bond acceptors (Lipinski definition) is 2. The van der Waals surface area contributed by atoms with E-state index in [0.29, 0.717) is 6.10 Å². The Labute approximate surface area is 97.0 Å². The predicted octanol–water partition coefficient (Wildman–Crippen LogP) is 3.89. The molecule has 0 bridgehead atoms. The quantitative estimate of drug-likeness (QED) is 0.252. The van der Waals surface area contributed by atoms with E-state index in [4.69, 9.17) is 10.3 Å². The second-order valence-electron chi connectivity index (χ2n) is 4.59. The first-order valence-corrected chi connectivity index (χ1v) is 8.70. The molecule has 0 amide bonds. The molecule has 0 aliphatic carbocycles. The molecule has 1 aliphatic rings. The van der Waals surface area contributed by atoms with E-state index in [1.807, 2.05) is 37.8 Å². The van der Waals surface area contributed by atoms with Crippen LogP contribution in [-0.2, 0) is 4.74 Å². The highest BCUT2D eigenvalue weighted by atomic mass is 28.3. The molecule has 1 unspecified atom stereocenters. The Morgan fingerprint density at radius 3 is 2.19 bits per heavy atom. The summed E-state index contributed by atoms with van der Waals surface area (Å²) >= 11 is 0. The molecular weight excluding hydrogens is 218 g/mol. The molecule has 1 atom stereocenters. The number of epoxide rings is 1. The van der Waals surface area contributed by atoms with E-state index in [1.54, 1.807) is 0 Å². The third-order valence-corrected chi connectivity index (χ3v) is 2.54. The average Bonchev–Trinajstić information content (AvgIpc) is 3.01. The van der Waals surface area contributed by atoms with Crippen molar-refractivity contribution in [2.45, 2.75) is 25.7 Å². The average molecular weight is 235 g/mol. The second-order valence-corrected chi connectivity index (χ2v) is 9.13. The Morgan fingerprint density at radius 2 is 1.88 bits per heavy atom. The monoisotopic (exact) mass is 235 g/mol. The second kappa shape index (κ2) is 5.70. The zero-order valence-electron chi connectivity index (χ0n) is 9.92. The molecule has 2 rings (SSSR count). The van der Waals surface area contributed by atoms with Gasteiger partial charge < -0.3 is 4.74 Å². The summed E-state index contributed by atoms with van der Waals surface area (Å²) in [6, 6.07) is 10.3. The highest BCUT2D eigenvalue weighted by Gasteiger charge is 2.23. The summed E-state index contributed by atoms with van der Waals surface area (Å²) in [6.45, 7) is 6.89. The zero-order valence-corrected chi connectivity index (χ0v) is 10.9. The molecular formula is C11H17N3OSi. The van der Waals surface area contributed by atoms with Crippen LogP contribution in [0.1, 0.15) is 11.7 Å². The van der Waals surface area contributed by atoms with Crippen molar-refractivity contribution < 1.29 is 4.74 Å². The highest BCUT2D eigenvalue weighted by molar-refractivity contribution is 6.74. The molecule has 1 aromatic carbocycles. The van der Waals surface area contributed by atoms with E-state index < -0.39 is 8.24 Å². The molecule has 1 fully saturated rings. The lowest BCUT2D eigenvalue weighted by Gasteiger charge is -2.01. The van der Waals surface area contributed by atoms with Crippen molar-refractivity contribution in [3.63, 3.8) is 0 Å². The van der Waals surface area contributed by atoms with Crippen molar-refractivity contribution in [2.75, 3.05) is 6.61 Å². The van der Waals surface area contributed by atoms with Crippen LogP contribution in [-0.4, -0.2) is 14.8 Å². The molecule has 86 valence electrons. The number of ether oxygens (including phenoxy) is 1. The Hall–Kier alpha value is -1.29. The minimum absolute atomic E-state index is 0.409. The third-order valence-electron chi connectivity index (χ3n) is 1.85. The van der Waals surface area contributed by atoms with Crippen molar-refractivity contribution >= 4 is 8.24 Å². The molecule has 1 aliphatic heterocycles. The van der Waals surface area contributed by atoms with Gasteiger partial charge in [0.25, 0.3) is 0 Å². The SMILES string of the molecule is C[Si](C)(C)N=[N+]=[N-].c1ccc(C2CO2)cc1. The minimum Gasteiger partial charge on any atom is -0.368 e. The fourth-order valence-corrected chi connectivity index (χ4v) is 1.31. The summed E-state index contributed by atoms with van der Waals surface area (Å²) in [7, 11) is -1.45. The van der Waals surface area contributed by atoms with E-state index in [1.165, 1.54) is 5.56 Å². The summed E-state index contributed by atoms with van der Waals surface area (Å²) in [6.07, 6.45) is 0.409. The first-order valence-electron chi connectivity index (χ1n) is 5.26. The molecule has 1 aromatic rings. The fourth-order valence-electron chi connectivity index (χ4n) is 1.04. The van der Waals surface area contributed by atoms with Crippen LogP contribution < -0.4 is 0 Å². The first kappa shape index (κ1) is 12.8. The Kier molecular flexibility index (Phi) is 4.55. The van der Waals surface area contributed by atoms with Crippen LogP contribution >= 0.6 is 0 Å². The van der Waals surface area contributed by atoms with Gasteiger partial charge in [-0.15, -0.1) is 4.78 Å². The van der Waals surface area contributed by atoms with Crippen molar-refractivity contribution in [1.29, 1.82) is 0 Å².